The maximum atomic E-state index is 9.49. The molecule has 2 aliphatic heterocycles. The summed E-state index contributed by atoms with van der Waals surface area (Å²) in [6, 6.07) is 0. The number of aliphatic hydroxyl groups excluding tert-OH is 1. The quantitative estimate of drug-likeness (QED) is 0.787. The maximum absolute atomic E-state index is 9.49. The molecule has 0 aromatic heterocycles. The summed E-state index contributed by atoms with van der Waals surface area (Å²) < 4.78 is 11.3. The van der Waals surface area contributed by atoms with Crippen molar-refractivity contribution in [1.82, 2.24) is 4.90 Å². The highest BCUT2D eigenvalue weighted by molar-refractivity contribution is 4.95. The average Bonchev–Trinajstić information content (AvgIpc) is 2.72. The van der Waals surface area contributed by atoms with Crippen LogP contribution < -0.4 is 0 Å². The van der Waals surface area contributed by atoms with Crippen molar-refractivity contribution in [2.75, 3.05) is 46.1 Å². The zero-order chi connectivity index (χ0) is 11.8. The summed E-state index contributed by atoms with van der Waals surface area (Å²) >= 11 is 0. The van der Waals surface area contributed by atoms with E-state index in [4.69, 9.17) is 9.47 Å². The Kier molecular flexibility index (Phi) is 3.15. The molecule has 1 aliphatic carbocycles. The van der Waals surface area contributed by atoms with Crippen molar-refractivity contribution in [2.45, 2.75) is 31.3 Å². The smallest absolute Gasteiger partial charge is 0.0809 e. The van der Waals surface area contributed by atoms with Crippen molar-refractivity contribution in [2.24, 2.45) is 5.41 Å². The van der Waals surface area contributed by atoms with E-state index >= 15 is 0 Å². The molecule has 0 aromatic rings. The second-order valence-corrected chi connectivity index (χ2v) is 6.10. The molecule has 2 heterocycles. The summed E-state index contributed by atoms with van der Waals surface area (Å²) in [4.78, 5) is 2.48. The Balaban J connectivity index is 1.60. The van der Waals surface area contributed by atoms with Gasteiger partial charge in [0.1, 0.15) is 0 Å². The van der Waals surface area contributed by atoms with E-state index in [0.29, 0.717) is 13.2 Å². The first-order valence-electron chi connectivity index (χ1n) is 6.81. The van der Waals surface area contributed by atoms with Crippen LogP contribution in [0.15, 0.2) is 0 Å². The summed E-state index contributed by atoms with van der Waals surface area (Å²) in [5, 5.41) is 9.49. The van der Waals surface area contributed by atoms with Crippen LogP contribution >= 0.6 is 0 Å². The topological polar surface area (TPSA) is 41.9 Å². The highest BCUT2D eigenvalue weighted by atomic mass is 16.5. The van der Waals surface area contributed by atoms with E-state index in [2.05, 4.69) is 4.90 Å². The van der Waals surface area contributed by atoms with E-state index in [1.807, 2.05) is 0 Å². The molecule has 0 amide bonds. The Bertz CT molecular complexity index is 264. The van der Waals surface area contributed by atoms with Crippen LogP contribution in [-0.4, -0.2) is 61.7 Å². The van der Waals surface area contributed by atoms with Crippen LogP contribution in [-0.2, 0) is 9.47 Å². The predicted octanol–water partition coefficient (Wildman–Crippen LogP) is 0.640. The normalized spacial score (nSPS) is 31.6. The molecule has 1 saturated carbocycles. The zero-order valence-corrected chi connectivity index (χ0v) is 10.5. The number of hydrogen-bond donors (Lipinski definition) is 1. The Morgan fingerprint density at radius 1 is 1.18 bits per heavy atom. The van der Waals surface area contributed by atoms with Crippen LogP contribution in [0.5, 0.6) is 0 Å². The van der Waals surface area contributed by atoms with Gasteiger partial charge in [-0.1, -0.05) is 12.8 Å². The molecule has 0 unspecified atom stereocenters. The molecule has 0 radical (unpaired) electrons. The number of rotatable bonds is 3. The molecule has 0 atom stereocenters. The van der Waals surface area contributed by atoms with Gasteiger partial charge in [-0.05, 0) is 12.8 Å². The van der Waals surface area contributed by atoms with Crippen LogP contribution in [0, 0.1) is 5.41 Å². The van der Waals surface area contributed by atoms with E-state index in [0.717, 1.165) is 26.2 Å². The molecule has 0 bridgehead atoms. The van der Waals surface area contributed by atoms with Gasteiger partial charge in [0.05, 0.1) is 37.4 Å². The van der Waals surface area contributed by atoms with E-state index in [1.165, 1.54) is 25.7 Å². The van der Waals surface area contributed by atoms with Crippen LogP contribution in [0.4, 0.5) is 0 Å². The van der Waals surface area contributed by atoms with Gasteiger partial charge in [-0.3, -0.25) is 4.90 Å². The lowest BCUT2D eigenvalue weighted by Gasteiger charge is -2.47. The molecule has 4 nitrogen and oxygen atoms in total. The molecule has 3 aliphatic rings. The van der Waals surface area contributed by atoms with Crippen molar-refractivity contribution in [3.05, 3.63) is 0 Å². The molecular formula is C13H23NO3. The summed E-state index contributed by atoms with van der Waals surface area (Å²) in [6.07, 6.45) is 5.04. The molecule has 3 rings (SSSR count). The molecule has 98 valence electrons. The van der Waals surface area contributed by atoms with Gasteiger partial charge in [-0.2, -0.15) is 0 Å². The van der Waals surface area contributed by atoms with Crippen LogP contribution in [0.3, 0.4) is 0 Å². The third kappa shape index (κ3) is 2.24. The standard InChI is InChI=1S/C13H23NO3/c15-9-12(10-16-11-12)7-14-5-6-17-13(8-14)3-1-2-4-13/h15H,1-11H2. The van der Waals surface area contributed by atoms with Crippen molar-refractivity contribution in [3.63, 3.8) is 0 Å². The Hall–Kier alpha value is -0.160. The van der Waals surface area contributed by atoms with Gasteiger partial charge in [0.2, 0.25) is 0 Å². The van der Waals surface area contributed by atoms with E-state index < -0.39 is 0 Å². The van der Waals surface area contributed by atoms with E-state index in [-0.39, 0.29) is 17.6 Å². The number of aliphatic hydroxyl groups is 1. The highest BCUT2D eigenvalue weighted by Gasteiger charge is 2.44. The maximum Gasteiger partial charge on any atom is 0.0809 e. The first kappa shape index (κ1) is 11.9. The molecule has 1 spiro atoms. The van der Waals surface area contributed by atoms with Crippen LogP contribution in [0.1, 0.15) is 25.7 Å². The molecule has 4 heteroatoms. The highest BCUT2D eigenvalue weighted by Crippen LogP contribution is 2.37. The molecule has 0 aromatic carbocycles. The van der Waals surface area contributed by atoms with Gasteiger partial charge in [0.25, 0.3) is 0 Å². The fourth-order valence-corrected chi connectivity index (χ4v) is 3.48. The second kappa shape index (κ2) is 4.50. The summed E-state index contributed by atoms with van der Waals surface area (Å²) in [7, 11) is 0. The van der Waals surface area contributed by atoms with E-state index in [1.54, 1.807) is 0 Å². The van der Waals surface area contributed by atoms with E-state index in [9.17, 15) is 5.11 Å². The number of ether oxygens (including phenoxy) is 2. The van der Waals surface area contributed by atoms with Crippen molar-refractivity contribution < 1.29 is 14.6 Å². The zero-order valence-electron chi connectivity index (χ0n) is 10.5. The molecule has 1 N–H and O–H groups in total. The Labute approximate surface area is 103 Å². The van der Waals surface area contributed by atoms with Gasteiger partial charge >= 0.3 is 0 Å². The fraction of sp³-hybridized carbons (Fsp3) is 1.00. The lowest BCUT2D eigenvalue weighted by molar-refractivity contribution is -0.169. The van der Waals surface area contributed by atoms with Crippen molar-refractivity contribution in [1.29, 1.82) is 0 Å². The van der Waals surface area contributed by atoms with Crippen LogP contribution in [0.2, 0.25) is 0 Å². The average molecular weight is 241 g/mol. The van der Waals surface area contributed by atoms with Crippen molar-refractivity contribution in [3.8, 4) is 0 Å². The molecule has 17 heavy (non-hydrogen) atoms. The van der Waals surface area contributed by atoms with Crippen molar-refractivity contribution >= 4 is 0 Å². The summed E-state index contributed by atoms with van der Waals surface area (Å²) in [6.45, 7) is 5.55. The minimum atomic E-state index is 0.0110. The third-order valence-electron chi connectivity index (χ3n) is 4.55. The molecular weight excluding hydrogens is 218 g/mol. The lowest BCUT2D eigenvalue weighted by atomic mass is 9.85. The fourth-order valence-electron chi connectivity index (χ4n) is 3.48. The summed E-state index contributed by atoms with van der Waals surface area (Å²) in [5.74, 6) is 0. The minimum absolute atomic E-state index is 0.0110. The minimum Gasteiger partial charge on any atom is -0.396 e. The Morgan fingerprint density at radius 2 is 1.94 bits per heavy atom. The van der Waals surface area contributed by atoms with Crippen LogP contribution in [0.25, 0.3) is 0 Å². The SMILES string of the molecule is OCC1(CN2CCOC3(CCCC3)C2)COC1. The lowest BCUT2D eigenvalue weighted by Crippen LogP contribution is -2.58. The number of nitrogens with zero attached hydrogens (tertiary/aromatic N) is 1. The second-order valence-electron chi connectivity index (χ2n) is 6.10. The number of hydrogen-bond acceptors (Lipinski definition) is 4. The number of morpholine rings is 1. The largest absolute Gasteiger partial charge is 0.396 e. The molecule has 3 fully saturated rings. The first-order chi connectivity index (χ1) is 8.26. The van der Waals surface area contributed by atoms with Gasteiger partial charge in [0, 0.05) is 19.6 Å². The van der Waals surface area contributed by atoms with Gasteiger partial charge in [0.15, 0.2) is 0 Å². The predicted molar refractivity (Wildman–Crippen MR) is 63.9 cm³/mol. The summed E-state index contributed by atoms with van der Waals surface area (Å²) in [5.41, 5.74) is 0.149. The monoisotopic (exact) mass is 241 g/mol. The third-order valence-corrected chi connectivity index (χ3v) is 4.55. The van der Waals surface area contributed by atoms with Gasteiger partial charge in [-0.25, -0.2) is 0 Å². The van der Waals surface area contributed by atoms with Gasteiger partial charge < -0.3 is 14.6 Å². The molecule has 2 saturated heterocycles. The Morgan fingerprint density at radius 3 is 2.53 bits per heavy atom. The first-order valence-corrected chi connectivity index (χ1v) is 6.81. The van der Waals surface area contributed by atoms with Gasteiger partial charge in [-0.15, -0.1) is 0 Å².